The topological polar surface area (TPSA) is 100 Å². The van der Waals surface area contributed by atoms with Crippen LogP contribution in [0.2, 0.25) is 0 Å². The lowest BCUT2D eigenvalue weighted by Crippen LogP contribution is -2.51. The summed E-state index contributed by atoms with van der Waals surface area (Å²) in [6.07, 6.45) is 9.72. The zero-order valence-electron chi connectivity index (χ0n) is 21.9. The average Bonchev–Trinajstić information content (AvgIpc) is 2.88. The summed E-state index contributed by atoms with van der Waals surface area (Å²) in [4.78, 5) is 14.0. The molecule has 4 fully saturated rings. The van der Waals surface area contributed by atoms with Crippen molar-refractivity contribution < 1.29 is 29.2 Å². The zero-order valence-corrected chi connectivity index (χ0v) is 22.8. The molecule has 8 nitrogen and oxygen atoms in total. The summed E-state index contributed by atoms with van der Waals surface area (Å²) in [5, 5.41) is 20.8. The van der Waals surface area contributed by atoms with Gasteiger partial charge in [0.15, 0.2) is 0 Å². The minimum absolute atomic E-state index is 0. The fraction of sp³-hybridized carbons (Fsp3) is 0.750. The molecule has 2 spiro atoms. The number of likely N-dealkylation sites (tertiary alicyclic amines) is 1. The maximum absolute atomic E-state index is 12.1. The summed E-state index contributed by atoms with van der Waals surface area (Å²) in [6, 6.07) is 9.75. The smallest absolute Gasteiger partial charge is 0.410 e. The van der Waals surface area contributed by atoms with Gasteiger partial charge < -0.3 is 34.6 Å². The number of nitrogens with zero attached hydrogens (tertiary/aromatic N) is 1. The number of carbonyl (C=O) groups is 1. The third-order valence-corrected chi connectivity index (χ3v) is 8.48. The van der Waals surface area contributed by atoms with Crippen molar-refractivity contribution >= 4 is 18.5 Å². The number of halogens is 1. The number of carbonyl (C=O) groups excluding carboxylic acids is 1. The molecule has 2 aliphatic carbocycles. The van der Waals surface area contributed by atoms with Crippen LogP contribution in [0, 0.1) is 10.8 Å². The molecule has 5 rings (SSSR count). The van der Waals surface area contributed by atoms with Gasteiger partial charge in [0.1, 0.15) is 6.61 Å². The predicted molar refractivity (Wildman–Crippen MR) is 144 cm³/mol. The van der Waals surface area contributed by atoms with Gasteiger partial charge in [0.25, 0.3) is 0 Å². The summed E-state index contributed by atoms with van der Waals surface area (Å²) in [5.74, 6) is 0. The molecule has 0 unspecified atom stereocenters. The quantitative estimate of drug-likeness (QED) is 0.464. The number of aliphatic hydroxyl groups excluding tert-OH is 2. The molecule has 0 aromatic heterocycles. The Morgan fingerprint density at radius 2 is 1.38 bits per heavy atom. The third-order valence-electron chi connectivity index (χ3n) is 8.48. The minimum atomic E-state index is -0.212. The number of ether oxygens (including phenoxy) is 3. The Hall–Kier alpha value is -1.42. The number of nitrogens with one attached hydrogen (secondary N) is 1. The van der Waals surface area contributed by atoms with Gasteiger partial charge in [-0.3, -0.25) is 0 Å². The van der Waals surface area contributed by atoms with E-state index in [0.717, 1.165) is 44.3 Å². The Morgan fingerprint density at radius 3 is 1.89 bits per heavy atom. The lowest BCUT2D eigenvalue weighted by atomic mass is 9.61. The molecule has 0 radical (unpaired) electrons. The molecular weight excluding hydrogens is 496 g/mol. The number of aliphatic hydroxyl groups is 2. The lowest BCUT2D eigenvalue weighted by molar-refractivity contribution is -0.108. The first-order valence-electron chi connectivity index (χ1n) is 13.7. The zero-order chi connectivity index (χ0) is 25.3. The summed E-state index contributed by atoms with van der Waals surface area (Å²) in [6.45, 7) is 5.39. The molecule has 0 atom stereocenters. The molecule has 2 saturated carbocycles. The number of piperidine rings is 2. The maximum atomic E-state index is 12.1. The molecule has 1 aromatic carbocycles. The van der Waals surface area contributed by atoms with E-state index in [1.54, 1.807) is 0 Å². The fourth-order valence-electron chi connectivity index (χ4n) is 6.23. The SMILES string of the molecule is Cl.O=C(OCc1ccccc1)N1CCC2(CC1)CC(OCCO)C2.OCCOC1CC2(CCNCC2)C1. The number of benzene rings is 1. The van der Waals surface area contributed by atoms with Crippen molar-refractivity contribution in [3.63, 3.8) is 0 Å². The van der Waals surface area contributed by atoms with E-state index >= 15 is 0 Å². The van der Waals surface area contributed by atoms with Gasteiger partial charge in [-0.1, -0.05) is 30.3 Å². The van der Waals surface area contributed by atoms with Crippen molar-refractivity contribution in [2.75, 3.05) is 52.6 Å². The van der Waals surface area contributed by atoms with Crippen molar-refractivity contribution in [2.24, 2.45) is 10.8 Å². The van der Waals surface area contributed by atoms with Crippen LogP contribution < -0.4 is 5.32 Å². The number of rotatable bonds is 8. The van der Waals surface area contributed by atoms with Crippen LogP contribution in [0.3, 0.4) is 0 Å². The normalized spacial score (nSPS) is 23.7. The highest BCUT2D eigenvalue weighted by Crippen LogP contribution is 2.50. The van der Waals surface area contributed by atoms with Gasteiger partial charge in [-0.05, 0) is 80.8 Å². The van der Waals surface area contributed by atoms with Gasteiger partial charge in [0, 0.05) is 13.1 Å². The van der Waals surface area contributed by atoms with Crippen molar-refractivity contribution in [1.82, 2.24) is 10.2 Å². The van der Waals surface area contributed by atoms with Crippen LogP contribution in [0.1, 0.15) is 56.9 Å². The highest BCUT2D eigenvalue weighted by molar-refractivity contribution is 5.85. The average molecular weight is 541 g/mol. The van der Waals surface area contributed by atoms with E-state index in [1.165, 1.54) is 38.8 Å². The Kier molecular flexibility index (Phi) is 11.9. The molecule has 3 N–H and O–H groups in total. The van der Waals surface area contributed by atoms with Crippen molar-refractivity contribution in [3.8, 4) is 0 Å². The van der Waals surface area contributed by atoms with Crippen molar-refractivity contribution in [3.05, 3.63) is 35.9 Å². The van der Waals surface area contributed by atoms with Crippen LogP contribution in [0.25, 0.3) is 0 Å². The highest BCUT2D eigenvalue weighted by atomic mass is 35.5. The first kappa shape index (κ1) is 30.1. The Balaban J connectivity index is 0.000000231. The fourth-order valence-corrected chi connectivity index (χ4v) is 6.23. The van der Waals surface area contributed by atoms with E-state index in [2.05, 4.69) is 5.32 Å². The molecule has 2 heterocycles. The predicted octanol–water partition coefficient (Wildman–Crippen LogP) is 3.53. The van der Waals surface area contributed by atoms with Gasteiger partial charge in [-0.2, -0.15) is 0 Å². The molecule has 4 aliphatic rings. The largest absolute Gasteiger partial charge is 0.445 e. The second-order valence-electron chi connectivity index (χ2n) is 11.0. The minimum Gasteiger partial charge on any atom is -0.445 e. The van der Waals surface area contributed by atoms with Crippen LogP contribution in [-0.4, -0.2) is 86.0 Å². The molecule has 1 aromatic rings. The lowest BCUT2D eigenvalue weighted by Gasteiger charge is -2.51. The Morgan fingerprint density at radius 1 is 0.865 bits per heavy atom. The van der Waals surface area contributed by atoms with E-state index < -0.39 is 0 Å². The highest BCUT2D eigenvalue weighted by Gasteiger charge is 2.47. The third kappa shape index (κ3) is 8.53. The number of amides is 1. The molecule has 37 heavy (non-hydrogen) atoms. The monoisotopic (exact) mass is 540 g/mol. The van der Waals surface area contributed by atoms with Crippen molar-refractivity contribution in [1.29, 1.82) is 0 Å². The van der Waals surface area contributed by atoms with Gasteiger partial charge in [0.05, 0.1) is 38.6 Å². The molecule has 0 bridgehead atoms. The molecule has 1 amide bonds. The van der Waals surface area contributed by atoms with Gasteiger partial charge in [0.2, 0.25) is 0 Å². The summed E-state index contributed by atoms with van der Waals surface area (Å²) in [7, 11) is 0. The first-order valence-corrected chi connectivity index (χ1v) is 13.7. The second-order valence-corrected chi connectivity index (χ2v) is 11.0. The molecular formula is C28H45ClN2O6. The first-order chi connectivity index (χ1) is 17.6. The van der Waals surface area contributed by atoms with Crippen LogP contribution in [0.15, 0.2) is 30.3 Å². The van der Waals surface area contributed by atoms with Crippen LogP contribution in [0.5, 0.6) is 0 Å². The van der Waals surface area contributed by atoms with E-state index in [-0.39, 0.29) is 31.7 Å². The van der Waals surface area contributed by atoms with Gasteiger partial charge in [-0.25, -0.2) is 4.79 Å². The summed E-state index contributed by atoms with van der Waals surface area (Å²) < 4.78 is 16.4. The summed E-state index contributed by atoms with van der Waals surface area (Å²) >= 11 is 0. The molecule has 2 saturated heterocycles. The number of hydrogen-bond donors (Lipinski definition) is 3. The number of hydrogen-bond acceptors (Lipinski definition) is 7. The summed E-state index contributed by atoms with van der Waals surface area (Å²) in [5.41, 5.74) is 1.96. The van der Waals surface area contributed by atoms with E-state index in [9.17, 15) is 4.79 Å². The van der Waals surface area contributed by atoms with Crippen LogP contribution in [0.4, 0.5) is 4.79 Å². The van der Waals surface area contributed by atoms with E-state index in [4.69, 9.17) is 24.4 Å². The van der Waals surface area contributed by atoms with E-state index in [0.29, 0.717) is 42.9 Å². The van der Waals surface area contributed by atoms with Crippen LogP contribution >= 0.6 is 12.4 Å². The Bertz CT molecular complexity index is 783. The molecule has 2 aliphatic heterocycles. The second kappa shape index (κ2) is 14.7. The maximum Gasteiger partial charge on any atom is 0.410 e. The Labute approximate surface area is 227 Å². The van der Waals surface area contributed by atoms with Crippen molar-refractivity contribution in [2.45, 2.75) is 70.2 Å². The van der Waals surface area contributed by atoms with Gasteiger partial charge >= 0.3 is 6.09 Å². The standard InChI is InChI=1S/C18H25NO4.C10H19NO2.ClH/c20-10-11-22-16-12-18(13-16)6-8-19(9-7-18)17(21)23-14-15-4-2-1-3-5-15;12-5-6-13-9-7-10(8-9)1-3-11-4-2-10;/h1-5,16,20H,6-14H2;9,11-12H,1-8H2;1H. The van der Waals surface area contributed by atoms with Crippen LogP contribution in [-0.2, 0) is 20.8 Å². The molecule has 210 valence electrons. The molecule has 9 heteroatoms. The van der Waals surface area contributed by atoms with E-state index in [1.807, 2.05) is 35.2 Å². The van der Waals surface area contributed by atoms with Gasteiger partial charge in [-0.15, -0.1) is 12.4 Å².